The van der Waals surface area contributed by atoms with Gasteiger partial charge in [0.1, 0.15) is 5.75 Å². The zero-order chi connectivity index (χ0) is 13.4. The molecule has 0 fully saturated rings. The average Bonchev–Trinajstić information content (AvgIpc) is 2.37. The number of benzene rings is 1. The van der Waals surface area contributed by atoms with Crippen LogP contribution in [0.3, 0.4) is 0 Å². The van der Waals surface area contributed by atoms with Crippen LogP contribution in [-0.4, -0.2) is 12.9 Å². The average molecular weight is 248 g/mol. The van der Waals surface area contributed by atoms with Crippen molar-refractivity contribution in [2.45, 2.75) is 46.3 Å². The van der Waals surface area contributed by atoms with E-state index in [1.54, 1.807) is 0 Å². The number of hydrogen-bond acceptors (Lipinski definition) is 2. The molecule has 0 bridgehead atoms. The van der Waals surface area contributed by atoms with E-state index in [-0.39, 0.29) is 6.29 Å². The van der Waals surface area contributed by atoms with Gasteiger partial charge in [-0.2, -0.15) is 0 Å². The highest BCUT2D eigenvalue weighted by Crippen LogP contribution is 2.19. The van der Waals surface area contributed by atoms with Crippen molar-refractivity contribution in [1.82, 2.24) is 0 Å². The van der Waals surface area contributed by atoms with Gasteiger partial charge in [0, 0.05) is 13.0 Å². The first-order valence-corrected chi connectivity index (χ1v) is 6.71. The summed E-state index contributed by atoms with van der Waals surface area (Å²) in [6.07, 6.45) is 3.08. The smallest absolute Gasteiger partial charge is 0.199 e. The highest BCUT2D eigenvalue weighted by atomic mass is 16.7. The Bertz CT molecular complexity index is 354. The van der Waals surface area contributed by atoms with E-state index in [1.807, 2.05) is 38.1 Å². The van der Waals surface area contributed by atoms with Crippen LogP contribution in [0.25, 0.3) is 5.57 Å². The molecule has 2 nitrogen and oxygen atoms in total. The van der Waals surface area contributed by atoms with Crippen molar-refractivity contribution in [2.24, 2.45) is 0 Å². The van der Waals surface area contributed by atoms with Gasteiger partial charge in [0.25, 0.3) is 0 Å². The van der Waals surface area contributed by atoms with E-state index in [1.165, 1.54) is 0 Å². The van der Waals surface area contributed by atoms with Gasteiger partial charge in [-0.1, -0.05) is 37.6 Å². The van der Waals surface area contributed by atoms with Crippen LogP contribution in [0.1, 0.15) is 45.6 Å². The SMILES string of the molecule is C=C(C)c1ccc(OC(CCCC)OCC)cc1. The molecule has 2 heteroatoms. The van der Waals surface area contributed by atoms with Crippen LogP contribution in [-0.2, 0) is 4.74 Å². The summed E-state index contributed by atoms with van der Waals surface area (Å²) in [5, 5.41) is 0. The molecule has 1 unspecified atom stereocenters. The van der Waals surface area contributed by atoms with Gasteiger partial charge in [0.2, 0.25) is 0 Å². The summed E-state index contributed by atoms with van der Waals surface area (Å²) in [4.78, 5) is 0. The van der Waals surface area contributed by atoms with Crippen molar-refractivity contribution >= 4 is 5.57 Å². The van der Waals surface area contributed by atoms with Crippen LogP contribution in [0.5, 0.6) is 5.75 Å². The molecular formula is C16H24O2. The van der Waals surface area contributed by atoms with Crippen molar-refractivity contribution in [1.29, 1.82) is 0 Å². The maximum absolute atomic E-state index is 5.84. The molecule has 1 aromatic rings. The fourth-order valence-electron chi connectivity index (χ4n) is 1.70. The van der Waals surface area contributed by atoms with Gasteiger partial charge in [0.15, 0.2) is 6.29 Å². The minimum Gasteiger partial charge on any atom is -0.465 e. The Morgan fingerprint density at radius 3 is 2.39 bits per heavy atom. The largest absolute Gasteiger partial charge is 0.465 e. The van der Waals surface area contributed by atoms with Crippen LogP contribution in [0.4, 0.5) is 0 Å². The Balaban J connectivity index is 2.59. The number of allylic oxidation sites excluding steroid dienone is 1. The molecule has 18 heavy (non-hydrogen) atoms. The number of unbranched alkanes of at least 4 members (excludes halogenated alkanes) is 1. The summed E-state index contributed by atoms with van der Waals surface area (Å²) in [5.41, 5.74) is 2.21. The maximum Gasteiger partial charge on any atom is 0.199 e. The second-order valence-corrected chi connectivity index (χ2v) is 4.45. The third kappa shape index (κ3) is 4.92. The minimum atomic E-state index is -0.134. The highest BCUT2D eigenvalue weighted by molar-refractivity contribution is 5.61. The molecule has 0 heterocycles. The summed E-state index contributed by atoms with van der Waals surface area (Å²) in [7, 11) is 0. The van der Waals surface area contributed by atoms with E-state index in [9.17, 15) is 0 Å². The molecule has 1 rings (SSSR count). The molecule has 100 valence electrons. The van der Waals surface area contributed by atoms with Crippen LogP contribution >= 0.6 is 0 Å². The van der Waals surface area contributed by atoms with E-state index in [4.69, 9.17) is 9.47 Å². The Morgan fingerprint density at radius 2 is 1.89 bits per heavy atom. The van der Waals surface area contributed by atoms with Crippen LogP contribution in [0.15, 0.2) is 30.8 Å². The van der Waals surface area contributed by atoms with Crippen molar-refractivity contribution in [3.63, 3.8) is 0 Å². The van der Waals surface area contributed by atoms with Crippen molar-refractivity contribution in [3.05, 3.63) is 36.4 Å². The molecule has 0 saturated heterocycles. The minimum absolute atomic E-state index is 0.134. The summed E-state index contributed by atoms with van der Waals surface area (Å²) >= 11 is 0. The van der Waals surface area contributed by atoms with Gasteiger partial charge in [-0.05, 0) is 38.0 Å². The lowest BCUT2D eigenvalue weighted by Gasteiger charge is -2.18. The van der Waals surface area contributed by atoms with Crippen molar-refractivity contribution < 1.29 is 9.47 Å². The normalized spacial score (nSPS) is 12.2. The van der Waals surface area contributed by atoms with E-state index in [0.29, 0.717) is 6.61 Å². The van der Waals surface area contributed by atoms with Gasteiger partial charge in [0.05, 0.1) is 0 Å². The fraction of sp³-hybridized carbons (Fsp3) is 0.500. The second-order valence-electron chi connectivity index (χ2n) is 4.45. The van der Waals surface area contributed by atoms with Gasteiger partial charge >= 0.3 is 0 Å². The molecule has 0 aliphatic rings. The number of ether oxygens (including phenoxy) is 2. The zero-order valence-electron chi connectivity index (χ0n) is 11.7. The predicted octanol–water partition coefficient (Wildman–Crippen LogP) is 4.65. The third-order valence-corrected chi connectivity index (χ3v) is 2.76. The predicted molar refractivity (Wildman–Crippen MR) is 76.7 cm³/mol. The third-order valence-electron chi connectivity index (χ3n) is 2.76. The Labute approximate surface area is 111 Å². The van der Waals surface area contributed by atoms with Crippen LogP contribution in [0, 0.1) is 0 Å². The number of rotatable bonds is 8. The quantitative estimate of drug-likeness (QED) is 0.623. The molecule has 0 amide bonds. The van der Waals surface area contributed by atoms with Crippen LogP contribution in [0.2, 0.25) is 0 Å². The van der Waals surface area contributed by atoms with E-state index in [0.717, 1.165) is 36.1 Å². The lowest BCUT2D eigenvalue weighted by atomic mass is 10.1. The first-order valence-electron chi connectivity index (χ1n) is 6.71. The van der Waals surface area contributed by atoms with Gasteiger partial charge in [-0.25, -0.2) is 0 Å². The molecule has 0 aromatic heterocycles. The van der Waals surface area contributed by atoms with Crippen molar-refractivity contribution in [2.75, 3.05) is 6.61 Å². The highest BCUT2D eigenvalue weighted by Gasteiger charge is 2.09. The summed E-state index contributed by atoms with van der Waals surface area (Å²) < 4.78 is 11.4. The molecule has 0 radical (unpaired) electrons. The second kappa shape index (κ2) is 7.93. The molecular weight excluding hydrogens is 224 g/mol. The van der Waals surface area contributed by atoms with E-state index >= 15 is 0 Å². The molecule has 0 spiro atoms. The lowest BCUT2D eigenvalue weighted by Crippen LogP contribution is -2.20. The molecule has 0 aliphatic carbocycles. The number of hydrogen-bond donors (Lipinski definition) is 0. The van der Waals surface area contributed by atoms with Crippen LogP contribution < -0.4 is 4.74 Å². The Kier molecular flexibility index (Phi) is 6.51. The Morgan fingerprint density at radius 1 is 1.22 bits per heavy atom. The topological polar surface area (TPSA) is 18.5 Å². The summed E-state index contributed by atoms with van der Waals surface area (Å²) in [5.74, 6) is 0.856. The van der Waals surface area contributed by atoms with E-state index < -0.39 is 0 Å². The molecule has 0 saturated carbocycles. The summed E-state index contributed by atoms with van der Waals surface area (Å²) in [6, 6.07) is 8.00. The van der Waals surface area contributed by atoms with Crippen molar-refractivity contribution in [3.8, 4) is 5.75 Å². The Hall–Kier alpha value is -1.28. The molecule has 1 aromatic carbocycles. The summed E-state index contributed by atoms with van der Waals surface area (Å²) in [6.45, 7) is 10.8. The molecule has 0 N–H and O–H groups in total. The molecule has 0 aliphatic heterocycles. The zero-order valence-corrected chi connectivity index (χ0v) is 11.7. The maximum atomic E-state index is 5.84. The standard InChI is InChI=1S/C16H24O2/c1-5-7-8-16(17-6-2)18-15-11-9-14(10-12-15)13(3)4/h9-12,16H,3,5-8H2,1-2,4H3. The van der Waals surface area contributed by atoms with E-state index in [2.05, 4.69) is 13.5 Å². The van der Waals surface area contributed by atoms with Gasteiger partial charge in [-0.3, -0.25) is 0 Å². The first-order chi connectivity index (χ1) is 8.67. The fourth-order valence-corrected chi connectivity index (χ4v) is 1.70. The van der Waals surface area contributed by atoms with Gasteiger partial charge < -0.3 is 9.47 Å². The lowest BCUT2D eigenvalue weighted by molar-refractivity contribution is -0.0806. The first kappa shape index (κ1) is 14.8. The monoisotopic (exact) mass is 248 g/mol. The van der Waals surface area contributed by atoms with Gasteiger partial charge in [-0.15, -0.1) is 0 Å². The molecule has 1 atom stereocenters.